The Morgan fingerprint density at radius 1 is 1.37 bits per heavy atom. The molecule has 104 valence electrons. The molecular formula is C12H17N3O4. The Kier molecular flexibility index (Phi) is 3.46. The first-order valence-corrected chi connectivity index (χ1v) is 5.94. The van der Waals surface area contributed by atoms with Crippen molar-refractivity contribution in [1.82, 2.24) is 9.97 Å². The minimum Gasteiger partial charge on any atom is -0.481 e. The van der Waals surface area contributed by atoms with Gasteiger partial charge in [0, 0.05) is 13.1 Å². The third kappa shape index (κ3) is 2.54. The molecule has 19 heavy (non-hydrogen) atoms. The molecule has 1 N–H and O–H groups in total. The molecule has 1 atom stereocenters. The molecule has 0 aromatic carbocycles. The summed E-state index contributed by atoms with van der Waals surface area (Å²) in [6.45, 7) is 2.70. The number of aliphatic carboxylic acids is 1. The van der Waals surface area contributed by atoms with Crippen LogP contribution in [-0.4, -0.2) is 48.4 Å². The summed E-state index contributed by atoms with van der Waals surface area (Å²) >= 11 is 0. The second-order valence-corrected chi connectivity index (χ2v) is 4.79. The standard InChI is InChI=1S/C12H17N3O4/c1-12(10(16)17)4-5-15(7-12)11-13-8(18-2)6-9(14-11)19-3/h6H,4-5,7H2,1-3H3,(H,16,17). The number of carboxylic acids is 1. The van der Waals surface area contributed by atoms with Crippen LogP contribution in [0.3, 0.4) is 0 Å². The van der Waals surface area contributed by atoms with Crippen molar-refractivity contribution in [1.29, 1.82) is 0 Å². The second-order valence-electron chi connectivity index (χ2n) is 4.79. The number of carbonyl (C=O) groups is 1. The molecule has 1 aromatic heterocycles. The summed E-state index contributed by atoms with van der Waals surface area (Å²) in [7, 11) is 3.02. The lowest BCUT2D eigenvalue weighted by Crippen LogP contribution is -2.32. The summed E-state index contributed by atoms with van der Waals surface area (Å²) in [5, 5.41) is 9.22. The van der Waals surface area contributed by atoms with E-state index in [9.17, 15) is 9.90 Å². The second kappa shape index (κ2) is 4.91. The van der Waals surface area contributed by atoms with E-state index in [1.54, 1.807) is 13.0 Å². The van der Waals surface area contributed by atoms with Crippen molar-refractivity contribution in [2.45, 2.75) is 13.3 Å². The highest BCUT2D eigenvalue weighted by Crippen LogP contribution is 2.33. The molecule has 1 aromatic rings. The molecule has 0 bridgehead atoms. The predicted octanol–water partition coefficient (Wildman–Crippen LogP) is 0.795. The summed E-state index contributed by atoms with van der Waals surface area (Å²) in [5.41, 5.74) is -0.764. The molecule has 1 aliphatic rings. The van der Waals surface area contributed by atoms with Crippen LogP contribution in [0, 0.1) is 5.41 Å². The molecule has 0 saturated carbocycles. The zero-order valence-electron chi connectivity index (χ0n) is 11.2. The van der Waals surface area contributed by atoms with Gasteiger partial charge in [0.25, 0.3) is 0 Å². The van der Waals surface area contributed by atoms with Gasteiger partial charge in [0.2, 0.25) is 17.7 Å². The van der Waals surface area contributed by atoms with Crippen molar-refractivity contribution in [3.8, 4) is 11.8 Å². The highest BCUT2D eigenvalue weighted by molar-refractivity contribution is 5.76. The first kappa shape index (κ1) is 13.4. The number of methoxy groups -OCH3 is 2. The maximum Gasteiger partial charge on any atom is 0.311 e. The zero-order chi connectivity index (χ0) is 14.0. The van der Waals surface area contributed by atoms with Gasteiger partial charge < -0.3 is 19.5 Å². The molecule has 0 aliphatic carbocycles. The van der Waals surface area contributed by atoms with Gasteiger partial charge in [-0.25, -0.2) is 0 Å². The van der Waals surface area contributed by atoms with Gasteiger partial charge in [0.15, 0.2) is 0 Å². The maximum atomic E-state index is 11.2. The molecule has 0 amide bonds. The van der Waals surface area contributed by atoms with Crippen molar-refractivity contribution in [3.63, 3.8) is 0 Å². The van der Waals surface area contributed by atoms with Crippen LogP contribution in [0.4, 0.5) is 5.95 Å². The summed E-state index contributed by atoms with van der Waals surface area (Å²) in [6, 6.07) is 1.58. The number of hydrogen-bond acceptors (Lipinski definition) is 6. The van der Waals surface area contributed by atoms with Crippen LogP contribution in [-0.2, 0) is 4.79 Å². The Hall–Kier alpha value is -2.05. The van der Waals surface area contributed by atoms with Crippen molar-refractivity contribution in [2.75, 3.05) is 32.2 Å². The van der Waals surface area contributed by atoms with Crippen molar-refractivity contribution >= 4 is 11.9 Å². The highest BCUT2D eigenvalue weighted by atomic mass is 16.5. The van der Waals surface area contributed by atoms with Crippen LogP contribution in [0.25, 0.3) is 0 Å². The smallest absolute Gasteiger partial charge is 0.311 e. The largest absolute Gasteiger partial charge is 0.481 e. The van der Waals surface area contributed by atoms with E-state index in [1.165, 1.54) is 14.2 Å². The predicted molar refractivity (Wildman–Crippen MR) is 67.7 cm³/mol. The minimum absolute atomic E-state index is 0.374. The van der Waals surface area contributed by atoms with Crippen molar-refractivity contribution in [2.24, 2.45) is 5.41 Å². The van der Waals surface area contributed by atoms with Crippen molar-refractivity contribution < 1.29 is 19.4 Å². The van der Waals surface area contributed by atoms with Gasteiger partial charge in [-0.15, -0.1) is 0 Å². The van der Waals surface area contributed by atoms with Gasteiger partial charge in [0.1, 0.15) is 0 Å². The summed E-state index contributed by atoms with van der Waals surface area (Å²) in [5.74, 6) is 0.419. The monoisotopic (exact) mass is 267 g/mol. The molecule has 2 rings (SSSR count). The third-order valence-electron chi connectivity index (χ3n) is 3.36. The number of ether oxygens (including phenoxy) is 2. The Morgan fingerprint density at radius 2 is 1.95 bits per heavy atom. The molecule has 0 spiro atoms. The van der Waals surface area contributed by atoms with Gasteiger partial charge in [-0.2, -0.15) is 9.97 Å². The first-order chi connectivity index (χ1) is 8.98. The van der Waals surface area contributed by atoms with E-state index >= 15 is 0 Å². The summed E-state index contributed by atoms with van der Waals surface area (Å²) in [4.78, 5) is 21.5. The highest BCUT2D eigenvalue weighted by Gasteiger charge is 2.41. The molecule has 2 heterocycles. The Labute approximate surface area is 111 Å². The molecule has 7 heteroatoms. The number of aromatic nitrogens is 2. The topological polar surface area (TPSA) is 84.8 Å². The normalized spacial score (nSPS) is 22.4. The number of nitrogens with zero attached hydrogens (tertiary/aromatic N) is 3. The lowest BCUT2D eigenvalue weighted by molar-refractivity contribution is -0.146. The van der Waals surface area contributed by atoms with Gasteiger partial charge >= 0.3 is 5.97 Å². The molecule has 1 saturated heterocycles. The van der Waals surface area contributed by atoms with Crippen LogP contribution in [0.1, 0.15) is 13.3 Å². The van der Waals surface area contributed by atoms with Crippen LogP contribution in [0.15, 0.2) is 6.07 Å². The quantitative estimate of drug-likeness (QED) is 0.863. The fraction of sp³-hybridized carbons (Fsp3) is 0.583. The SMILES string of the molecule is COc1cc(OC)nc(N2CCC(C)(C(=O)O)C2)n1. The molecule has 1 fully saturated rings. The van der Waals surface area contributed by atoms with E-state index in [2.05, 4.69) is 9.97 Å². The fourth-order valence-electron chi connectivity index (χ4n) is 2.05. The van der Waals surface area contributed by atoms with E-state index in [4.69, 9.17) is 9.47 Å². The fourth-order valence-corrected chi connectivity index (χ4v) is 2.05. The van der Waals surface area contributed by atoms with Gasteiger partial charge in [0.05, 0.1) is 25.7 Å². The number of carboxylic acid groups (broad SMARTS) is 1. The molecule has 1 aliphatic heterocycles. The minimum atomic E-state index is -0.801. The van der Waals surface area contributed by atoms with Crippen LogP contribution in [0.2, 0.25) is 0 Å². The van der Waals surface area contributed by atoms with E-state index in [-0.39, 0.29) is 0 Å². The maximum absolute atomic E-state index is 11.2. The van der Waals surface area contributed by atoms with Crippen LogP contribution in [0.5, 0.6) is 11.8 Å². The Balaban J connectivity index is 2.26. The van der Waals surface area contributed by atoms with Gasteiger partial charge in [-0.3, -0.25) is 4.79 Å². The Morgan fingerprint density at radius 3 is 2.37 bits per heavy atom. The van der Waals surface area contributed by atoms with Crippen molar-refractivity contribution in [3.05, 3.63) is 6.07 Å². The lowest BCUT2D eigenvalue weighted by atomic mass is 9.90. The van der Waals surface area contributed by atoms with E-state index < -0.39 is 11.4 Å². The first-order valence-electron chi connectivity index (χ1n) is 5.94. The average molecular weight is 267 g/mol. The third-order valence-corrected chi connectivity index (χ3v) is 3.36. The van der Waals surface area contributed by atoms with E-state index in [0.717, 1.165) is 0 Å². The Bertz CT molecular complexity index is 472. The number of anilines is 1. The van der Waals surface area contributed by atoms with Gasteiger partial charge in [-0.1, -0.05) is 0 Å². The van der Waals surface area contributed by atoms with E-state index in [0.29, 0.717) is 37.2 Å². The molecular weight excluding hydrogens is 250 g/mol. The van der Waals surface area contributed by atoms with Crippen LogP contribution >= 0.6 is 0 Å². The van der Waals surface area contributed by atoms with Crippen LogP contribution < -0.4 is 14.4 Å². The molecule has 1 unspecified atom stereocenters. The van der Waals surface area contributed by atoms with E-state index in [1.807, 2.05) is 4.90 Å². The molecule has 0 radical (unpaired) electrons. The zero-order valence-corrected chi connectivity index (χ0v) is 11.2. The average Bonchev–Trinajstić information content (AvgIpc) is 2.82. The number of rotatable bonds is 4. The number of hydrogen-bond donors (Lipinski definition) is 1. The molecule has 7 nitrogen and oxygen atoms in total. The summed E-state index contributed by atoms with van der Waals surface area (Å²) < 4.78 is 10.2. The summed E-state index contributed by atoms with van der Waals surface area (Å²) in [6.07, 6.45) is 0.561. The lowest BCUT2D eigenvalue weighted by Gasteiger charge is -2.20. The van der Waals surface area contributed by atoms with Gasteiger partial charge in [-0.05, 0) is 13.3 Å².